The molecule has 1 saturated carbocycles. The predicted molar refractivity (Wildman–Crippen MR) is 142 cm³/mol. The van der Waals surface area contributed by atoms with Gasteiger partial charge in [0.2, 0.25) is 11.9 Å². The number of anilines is 3. The van der Waals surface area contributed by atoms with Crippen LogP contribution in [0, 0.1) is 4.78 Å². The summed E-state index contributed by atoms with van der Waals surface area (Å²) in [5, 5.41) is 7.01. The van der Waals surface area contributed by atoms with Crippen LogP contribution in [0.3, 0.4) is 0 Å². The molecule has 2 aromatic heterocycles. The highest BCUT2D eigenvalue weighted by Gasteiger charge is 2.34. The summed E-state index contributed by atoms with van der Waals surface area (Å²) < 4.78 is 26.6. The van der Waals surface area contributed by atoms with Crippen molar-refractivity contribution in [3.8, 4) is 17.0 Å². The van der Waals surface area contributed by atoms with E-state index in [0.717, 1.165) is 29.3 Å². The first kappa shape index (κ1) is 23.8. The third-order valence-electron chi connectivity index (χ3n) is 5.90. The van der Waals surface area contributed by atoms with Crippen LogP contribution in [-0.2, 0) is 14.5 Å². The van der Waals surface area contributed by atoms with Gasteiger partial charge in [-0.15, -0.1) is 0 Å². The number of hydrogen-bond acceptors (Lipinski definition) is 7. The lowest BCUT2D eigenvalue weighted by molar-refractivity contribution is -0.111. The van der Waals surface area contributed by atoms with E-state index < -0.39 is 9.73 Å². The number of aromatic amines is 1. The third kappa shape index (κ3) is 4.52. The fraction of sp³-hybridized carbons (Fsp3) is 0.160. The molecule has 2 heterocycles. The van der Waals surface area contributed by atoms with Crippen molar-refractivity contribution in [3.05, 3.63) is 66.5 Å². The summed E-state index contributed by atoms with van der Waals surface area (Å²) in [7, 11) is -1.34. The second-order valence-corrected chi connectivity index (χ2v) is 11.1. The van der Waals surface area contributed by atoms with Gasteiger partial charge in [0.15, 0.2) is 0 Å². The molecule has 0 bridgehead atoms. The Morgan fingerprint density at radius 3 is 2.83 bits per heavy atom. The number of benzene rings is 2. The van der Waals surface area contributed by atoms with Gasteiger partial charge >= 0.3 is 0 Å². The summed E-state index contributed by atoms with van der Waals surface area (Å²) in [6, 6.07) is 10.5. The first-order valence-electron chi connectivity index (χ1n) is 11.1. The van der Waals surface area contributed by atoms with Crippen molar-refractivity contribution in [2.45, 2.75) is 23.0 Å². The molecule has 0 saturated heterocycles. The van der Waals surface area contributed by atoms with E-state index in [1.54, 1.807) is 30.5 Å². The summed E-state index contributed by atoms with van der Waals surface area (Å²) in [6.07, 6.45) is 6.13. The van der Waals surface area contributed by atoms with Crippen LogP contribution in [0.4, 0.5) is 17.3 Å². The van der Waals surface area contributed by atoms with Crippen molar-refractivity contribution >= 4 is 55.5 Å². The van der Waals surface area contributed by atoms with E-state index in [9.17, 15) is 9.00 Å². The molecule has 5 rings (SSSR count). The molecule has 1 atom stereocenters. The molecule has 4 aromatic rings. The Morgan fingerprint density at radius 1 is 1.31 bits per heavy atom. The summed E-state index contributed by atoms with van der Waals surface area (Å²) in [4.78, 5) is 24.2. The Morgan fingerprint density at radius 2 is 2.11 bits per heavy atom. The Kier molecular flexibility index (Phi) is 6.15. The Balaban J connectivity index is 1.46. The van der Waals surface area contributed by atoms with Crippen LogP contribution in [0.2, 0.25) is 5.02 Å². The number of nitrogens with one attached hydrogen (secondary N) is 4. The molecule has 2 aromatic carbocycles. The molecular weight excluding hydrogens is 500 g/mol. The fourth-order valence-corrected chi connectivity index (χ4v) is 5.82. The van der Waals surface area contributed by atoms with Gasteiger partial charge in [-0.3, -0.25) is 4.79 Å². The number of nitrogens with zero attached hydrogens (tertiary/aromatic N) is 2. The van der Waals surface area contributed by atoms with Crippen molar-refractivity contribution < 1.29 is 13.7 Å². The van der Waals surface area contributed by atoms with E-state index in [1.807, 2.05) is 12.1 Å². The number of hydrogen-bond donors (Lipinski definition) is 4. The Hall–Kier alpha value is -3.89. The molecule has 1 fully saturated rings. The zero-order valence-electron chi connectivity index (χ0n) is 19.3. The second-order valence-electron chi connectivity index (χ2n) is 8.33. The minimum atomic E-state index is -2.85. The van der Waals surface area contributed by atoms with Gasteiger partial charge in [0.25, 0.3) is 0 Å². The van der Waals surface area contributed by atoms with Gasteiger partial charge in [0.1, 0.15) is 5.75 Å². The van der Waals surface area contributed by atoms with Crippen molar-refractivity contribution in [1.82, 2.24) is 15.0 Å². The van der Waals surface area contributed by atoms with Crippen LogP contribution in [0.1, 0.15) is 12.8 Å². The average molecular weight is 523 g/mol. The highest BCUT2D eigenvalue weighted by atomic mass is 35.5. The number of aromatic nitrogens is 3. The van der Waals surface area contributed by atoms with Crippen molar-refractivity contribution in [2.75, 3.05) is 17.7 Å². The lowest BCUT2D eigenvalue weighted by atomic mass is 10.1. The van der Waals surface area contributed by atoms with Gasteiger partial charge in [0.05, 0.1) is 44.3 Å². The highest BCUT2D eigenvalue weighted by Crippen LogP contribution is 2.38. The number of carbonyl (C=O) groups is 1. The monoisotopic (exact) mass is 522 g/mol. The van der Waals surface area contributed by atoms with E-state index in [4.69, 9.17) is 21.1 Å². The Labute approximate surface area is 212 Å². The largest absolute Gasteiger partial charge is 0.495 e. The van der Waals surface area contributed by atoms with Crippen LogP contribution in [0.25, 0.3) is 22.2 Å². The number of H-pyrrole nitrogens is 1. The molecule has 0 aliphatic heterocycles. The van der Waals surface area contributed by atoms with E-state index in [2.05, 4.69) is 32.2 Å². The number of fused-ring (bicyclic) bond motifs is 1. The van der Waals surface area contributed by atoms with Crippen LogP contribution >= 0.6 is 11.6 Å². The van der Waals surface area contributed by atoms with Gasteiger partial charge in [-0.25, -0.2) is 19.0 Å². The molecule has 9 nitrogen and oxygen atoms in total. The van der Waals surface area contributed by atoms with Crippen molar-refractivity contribution in [1.29, 1.82) is 4.78 Å². The molecule has 4 N–H and O–H groups in total. The number of methoxy groups -OCH3 is 1. The highest BCUT2D eigenvalue weighted by molar-refractivity contribution is 7.93. The average Bonchev–Trinajstić information content (AvgIpc) is 3.66. The minimum Gasteiger partial charge on any atom is -0.495 e. The van der Waals surface area contributed by atoms with Crippen LogP contribution in [0.5, 0.6) is 5.75 Å². The number of rotatable bonds is 8. The second kappa shape index (κ2) is 9.29. The number of ether oxygens (including phenoxy) is 1. The molecule has 1 amide bonds. The topological polar surface area (TPSA) is 133 Å². The molecule has 36 heavy (non-hydrogen) atoms. The summed E-state index contributed by atoms with van der Waals surface area (Å²) in [5.74, 6) is 0.435. The van der Waals surface area contributed by atoms with Gasteiger partial charge in [-0.2, -0.15) is 0 Å². The van der Waals surface area contributed by atoms with Gasteiger partial charge < -0.3 is 20.4 Å². The molecule has 184 valence electrons. The van der Waals surface area contributed by atoms with Gasteiger partial charge in [-0.1, -0.05) is 24.2 Å². The van der Waals surface area contributed by atoms with E-state index in [0.29, 0.717) is 38.7 Å². The van der Waals surface area contributed by atoms with E-state index >= 15 is 0 Å². The summed E-state index contributed by atoms with van der Waals surface area (Å²) >= 11 is 6.46. The SMILES string of the molecule is C=CC(=O)Nc1ccc2c(-c3nc(Nc4ccc(S(=N)(=O)C5CC5)cc4OC)ncc3Cl)c[nH]c2c1. The zero-order valence-corrected chi connectivity index (χ0v) is 20.9. The molecular formula is C25H23ClN6O3S. The van der Waals surface area contributed by atoms with Crippen molar-refractivity contribution in [3.63, 3.8) is 0 Å². The quantitative estimate of drug-likeness (QED) is 0.219. The fourth-order valence-electron chi connectivity index (χ4n) is 3.89. The maximum absolute atomic E-state index is 12.8. The normalized spacial score (nSPS) is 14.7. The third-order valence-corrected chi connectivity index (χ3v) is 8.54. The number of halogens is 1. The first-order valence-corrected chi connectivity index (χ1v) is 13.1. The van der Waals surface area contributed by atoms with E-state index in [-0.39, 0.29) is 11.2 Å². The molecule has 0 radical (unpaired) electrons. The lowest BCUT2D eigenvalue weighted by Gasteiger charge is -2.14. The zero-order chi connectivity index (χ0) is 25.4. The molecule has 1 aliphatic rings. The van der Waals surface area contributed by atoms with Crippen molar-refractivity contribution in [2.24, 2.45) is 0 Å². The summed E-state index contributed by atoms with van der Waals surface area (Å²) in [6.45, 7) is 3.46. The summed E-state index contributed by atoms with van der Waals surface area (Å²) in [5.41, 5.74) is 3.28. The standard InChI is InChI=1S/C25H23ClN6O3S/c1-3-23(33)30-14-4-8-17-18(12-28-21(17)10-14)24-19(26)13-29-25(32-24)31-20-9-7-16(11-22(20)35-2)36(27,34)15-5-6-15/h3-4,7-13,15,27-28H,1,5-6H2,2H3,(H,30,33)(H,29,31,32). The minimum absolute atomic E-state index is 0.0892. The van der Waals surface area contributed by atoms with Crippen LogP contribution in [0.15, 0.2) is 66.3 Å². The maximum Gasteiger partial charge on any atom is 0.247 e. The smallest absolute Gasteiger partial charge is 0.247 e. The first-order chi connectivity index (χ1) is 17.3. The molecule has 0 spiro atoms. The number of amides is 1. The predicted octanol–water partition coefficient (Wildman–Crippen LogP) is 5.72. The molecule has 1 unspecified atom stereocenters. The maximum atomic E-state index is 12.8. The van der Waals surface area contributed by atoms with Gasteiger partial charge in [-0.05, 0) is 49.2 Å². The number of carbonyl (C=O) groups excluding carboxylic acids is 1. The van der Waals surface area contributed by atoms with Crippen LogP contribution in [-0.4, -0.2) is 37.4 Å². The molecule has 11 heteroatoms. The van der Waals surface area contributed by atoms with Crippen LogP contribution < -0.4 is 15.4 Å². The lowest BCUT2D eigenvalue weighted by Crippen LogP contribution is -2.06. The molecule has 1 aliphatic carbocycles. The Bertz CT molecular complexity index is 1610. The van der Waals surface area contributed by atoms with E-state index in [1.165, 1.54) is 19.4 Å². The van der Waals surface area contributed by atoms with Gasteiger partial charge in [0, 0.05) is 33.6 Å².